The molecule has 2 aliphatic heterocycles. The highest BCUT2D eigenvalue weighted by molar-refractivity contribution is 6.28. The first-order valence-corrected chi connectivity index (χ1v) is 13.4. The molecule has 2 saturated heterocycles. The number of anilines is 2. The highest BCUT2D eigenvalue weighted by Crippen LogP contribution is 2.46. The number of aromatic nitrogens is 1. The molecule has 35 heavy (non-hydrogen) atoms. The lowest BCUT2D eigenvalue weighted by Gasteiger charge is -2.35. The summed E-state index contributed by atoms with van der Waals surface area (Å²) in [5.41, 5.74) is 5.09. The summed E-state index contributed by atoms with van der Waals surface area (Å²) in [5.74, 6) is 2.27. The summed E-state index contributed by atoms with van der Waals surface area (Å²) in [6.45, 7) is 10.8. The highest BCUT2D eigenvalue weighted by atomic mass is 16.5. The van der Waals surface area contributed by atoms with Crippen LogP contribution in [0.25, 0.3) is 22.2 Å². The monoisotopic (exact) mass is 472 g/mol. The molecule has 6 heteroatoms. The van der Waals surface area contributed by atoms with Crippen molar-refractivity contribution in [3.05, 3.63) is 41.5 Å². The summed E-state index contributed by atoms with van der Waals surface area (Å²) in [6, 6.07) is 9.93. The van der Waals surface area contributed by atoms with E-state index >= 15 is 0 Å². The minimum absolute atomic E-state index is 0.0615. The highest BCUT2D eigenvalue weighted by Gasteiger charge is 2.33. The fourth-order valence-electron chi connectivity index (χ4n) is 6.56. The van der Waals surface area contributed by atoms with E-state index in [0.29, 0.717) is 11.1 Å². The Balaban J connectivity index is 1.39. The van der Waals surface area contributed by atoms with Gasteiger partial charge in [0.2, 0.25) is 0 Å². The molecule has 0 saturated carbocycles. The zero-order chi connectivity index (χ0) is 23.9. The lowest BCUT2D eigenvalue weighted by molar-refractivity contribution is 0.104. The number of carbonyl (C=O) groups excluding carboxylic acids is 1. The first-order valence-electron chi connectivity index (χ1n) is 13.4. The summed E-state index contributed by atoms with van der Waals surface area (Å²) in [7, 11) is 0. The minimum Gasteiger partial charge on any atom is -0.383 e. The zero-order valence-electron chi connectivity index (χ0n) is 21.0. The Hall–Kier alpha value is -2.86. The van der Waals surface area contributed by atoms with Gasteiger partial charge in [-0.3, -0.25) is 4.79 Å². The van der Waals surface area contributed by atoms with Gasteiger partial charge in [0, 0.05) is 56.1 Å². The lowest BCUT2D eigenvalue weighted by atomic mass is 9.86. The summed E-state index contributed by atoms with van der Waals surface area (Å²) in [5, 5.41) is 9.09. The zero-order valence-corrected chi connectivity index (χ0v) is 21.0. The van der Waals surface area contributed by atoms with Gasteiger partial charge in [-0.05, 0) is 37.2 Å². The molecule has 0 amide bonds. The van der Waals surface area contributed by atoms with Crippen LogP contribution in [-0.2, 0) is 0 Å². The van der Waals surface area contributed by atoms with Gasteiger partial charge in [-0.25, -0.2) is 0 Å². The predicted molar refractivity (Wildman–Crippen MR) is 141 cm³/mol. The number of carbonyl (C=O) groups is 1. The van der Waals surface area contributed by atoms with E-state index in [2.05, 4.69) is 40.2 Å². The second-order valence-electron chi connectivity index (χ2n) is 11.0. The van der Waals surface area contributed by atoms with Gasteiger partial charge in [-0.2, -0.15) is 0 Å². The van der Waals surface area contributed by atoms with Crippen LogP contribution in [0, 0.1) is 11.8 Å². The molecular weight excluding hydrogens is 436 g/mol. The fourth-order valence-corrected chi connectivity index (χ4v) is 6.56. The molecule has 0 radical (unpaired) electrons. The first kappa shape index (κ1) is 22.6. The number of likely N-dealkylation sites (tertiary alicyclic amines) is 1. The molecule has 184 valence electrons. The van der Waals surface area contributed by atoms with E-state index < -0.39 is 0 Å². The SMILES string of the molecule is C[C@@H]1C[C@H](C)CN(CCNc2cc(N3CCCCCC3)c3noc4c3c2C(=O)c2ccccc2-4)C1. The lowest BCUT2D eigenvalue weighted by Crippen LogP contribution is -2.41. The molecule has 2 aromatic carbocycles. The van der Waals surface area contributed by atoms with E-state index in [1.165, 1.54) is 32.1 Å². The summed E-state index contributed by atoms with van der Waals surface area (Å²) in [6.07, 6.45) is 6.22. The van der Waals surface area contributed by atoms with Crippen molar-refractivity contribution >= 4 is 28.1 Å². The summed E-state index contributed by atoms with van der Waals surface area (Å²) in [4.78, 5) is 18.8. The minimum atomic E-state index is 0.0615. The molecular formula is C29H36N4O2. The van der Waals surface area contributed by atoms with E-state index in [1.807, 2.05) is 24.3 Å². The number of piperidine rings is 1. The van der Waals surface area contributed by atoms with Crippen LogP contribution in [0.1, 0.15) is 61.9 Å². The maximum atomic E-state index is 13.8. The topological polar surface area (TPSA) is 61.6 Å². The second kappa shape index (κ2) is 9.30. The van der Waals surface area contributed by atoms with Crippen LogP contribution in [-0.4, -0.2) is 55.1 Å². The fraction of sp³-hybridized carbons (Fsp3) is 0.517. The van der Waals surface area contributed by atoms with Crippen molar-refractivity contribution in [3.8, 4) is 11.3 Å². The van der Waals surface area contributed by atoms with Crippen molar-refractivity contribution in [1.29, 1.82) is 0 Å². The number of fused-ring (bicyclic) bond motifs is 2. The molecule has 0 bridgehead atoms. The van der Waals surface area contributed by atoms with E-state index in [-0.39, 0.29) is 5.78 Å². The van der Waals surface area contributed by atoms with Gasteiger partial charge >= 0.3 is 0 Å². The van der Waals surface area contributed by atoms with Crippen LogP contribution < -0.4 is 10.2 Å². The van der Waals surface area contributed by atoms with E-state index in [9.17, 15) is 4.79 Å². The molecule has 1 aromatic heterocycles. The van der Waals surface area contributed by atoms with Crippen LogP contribution in [0.4, 0.5) is 11.4 Å². The summed E-state index contributed by atoms with van der Waals surface area (Å²) >= 11 is 0. The van der Waals surface area contributed by atoms with Crippen LogP contribution in [0.2, 0.25) is 0 Å². The molecule has 3 heterocycles. The average molecular weight is 473 g/mol. The molecule has 0 spiro atoms. The molecule has 2 atom stereocenters. The molecule has 6 nitrogen and oxygen atoms in total. The third kappa shape index (κ3) is 4.12. The van der Waals surface area contributed by atoms with Crippen LogP contribution >= 0.6 is 0 Å². The largest absolute Gasteiger partial charge is 0.383 e. The Kier molecular flexibility index (Phi) is 6.01. The van der Waals surface area contributed by atoms with Gasteiger partial charge in [-0.15, -0.1) is 0 Å². The van der Waals surface area contributed by atoms with Crippen molar-refractivity contribution in [1.82, 2.24) is 10.1 Å². The van der Waals surface area contributed by atoms with Crippen LogP contribution in [0.15, 0.2) is 34.9 Å². The number of rotatable bonds is 5. The predicted octanol–water partition coefficient (Wildman–Crippen LogP) is 5.81. The van der Waals surface area contributed by atoms with Crippen molar-refractivity contribution in [2.24, 2.45) is 11.8 Å². The summed E-state index contributed by atoms with van der Waals surface area (Å²) < 4.78 is 5.95. The van der Waals surface area contributed by atoms with Gasteiger partial charge < -0.3 is 19.6 Å². The maximum Gasteiger partial charge on any atom is 0.196 e. The van der Waals surface area contributed by atoms with Crippen molar-refractivity contribution in [2.45, 2.75) is 46.0 Å². The van der Waals surface area contributed by atoms with Gasteiger partial charge in [0.25, 0.3) is 0 Å². The van der Waals surface area contributed by atoms with E-state index in [0.717, 1.165) is 84.7 Å². The Labute approximate surface area is 207 Å². The standard InChI is InChI=1S/C29H36N4O2/c1-19-15-20(2)18-32(17-19)14-11-30-23-16-24(33-12-7-3-4-8-13-33)27-26-25(23)28(34)21-9-5-6-10-22(21)29(26)35-31-27/h5-6,9-10,16,19-20,30H,3-4,7-8,11-15,17-18H2,1-2H3/t19-,20+. The van der Waals surface area contributed by atoms with Gasteiger partial charge in [0.1, 0.15) is 5.52 Å². The van der Waals surface area contributed by atoms with Gasteiger partial charge in [0.15, 0.2) is 11.5 Å². The number of benzene rings is 2. The number of ketones is 1. The van der Waals surface area contributed by atoms with Crippen molar-refractivity contribution in [3.63, 3.8) is 0 Å². The van der Waals surface area contributed by atoms with Crippen molar-refractivity contribution in [2.75, 3.05) is 49.5 Å². The molecule has 1 aliphatic carbocycles. The number of hydrogen-bond acceptors (Lipinski definition) is 6. The van der Waals surface area contributed by atoms with E-state index in [4.69, 9.17) is 4.52 Å². The Morgan fingerprint density at radius 3 is 2.49 bits per heavy atom. The maximum absolute atomic E-state index is 13.8. The van der Waals surface area contributed by atoms with Crippen LogP contribution in [0.3, 0.4) is 0 Å². The number of nitrogens with one attached hydrogen (secondary N) is 1. The number of hydrogen-bond donors (Lipinski definition) is 1. The third-order valence-corrected chi connectivity index (χ3v) is 8.01. The molecule has 1 N–H and O–H groups in total. The third-order valence-electron chi connectivity index (χ3n) is 8.01. The Morgan fingerprint density at radius 2 is 1.74 bits per heavy atom. The normalized spacial score (nSPS) is 22.8. The second-order valence-corrected chi connectivity index (χ2v) is 11.0. The molecule has 2 fully saturated rings. The molecule has 3 aliphatic rings. The Morgan fingerprint density at radius 1 is 1.03 bits per heavy atom. The van der Waals surface area contributed by atoms with Crippen molar-refractivity contribution < 1.29 is 9.32 Å². The van der Waals surface area contributed by atoms with E-state index in [1.54, 1.807) is 0 Å². The first-order chi connectivity index (χ1) is 17.1. The van der Waals surface area contributed by atoms with Gasteiger partial charge in [0.05, 0.1) is 16.6 Å². The van der Waals surface area contributed by atoms with Gasteiger partial charge in [-0.1, -0.05) is 56.1 Å². The molecule has 0 unspecified atom stereocenters. The average Bonchev–Trinajstić information content (AvgIpc) is 3.10. The number of nitrogens with zero attached hydrogens (tertiary/aromatic N) is 3. The molecule has 6 rings (SSSR count). The quantitative estimate of drug-likeness (QED) is 0.396. The molecule has 3 aromatic rings. The Bertz CT molecular complexity index is 1230. The smallest absolute Gasteiger partial charge is 0.196 e. The van der Waals surface area contributed by atoms with Crippen LogP contribution in [0.5, 0.6) is 0 Å².